The number of hydrogen-bond donors (Lipinski definition) is 0. The fourth-order valence-electron chi connectivity index (χ4n) is 7.33. The Balaban J connectivity index is 1.64. The molecule has 4 aromatic carbocycles. The molecule has 0 amide bonds. The molecule has 6 rings (SSSR count). The molecule has 0 atom stereocenters. The van der Waals surface area contributed by atoms with Crippen molar-refractivity contribution in [3.63, 3.8) is 0 Å². The lowest BCUT2D eigenvalue weighted by molar-refractivity contribution is 0.00484. The smallest absolute Gasteiger partial charge is 0.126 e. The summed E-state index contributed by atoms with van der Waals surface area (Å²) in [4.78, 5) is 0. The number of ether oxygens (including phenoxy) is 7. The molecule has 0 radical (unpaired) electrons. The summed E-state index contributed by atoms with van der Waals surface area (Å²) in [6, 6.07) is 17.0. The molecule has 0 aromatic heterocycles. The van der Waals surface area contributed by atoms with E-state index in [1.165, 1.54) is 0 Å². The highest BCUT2D eigenvalue weighted by molar-refractivity contribution is 6.17. The van der Waals surface area contributed by atoms with Crippen molar-refractivity contribution in [2.75, 3.05) is 67.1 Å². The Bertz CT molecular complexity index is 1630. The van der Waals surface area contributed by atoms with Gasteiger partial charge in [-0.3, -0.25) is 0 Å². The molecule has 0 fully saturated rings. The highest BCUT2D eigenvalue weighted by atomic mass is 35.5. The Morgan fingerprint density at radius 1 is 0.396 bits per heavy atom. The highest BCUT2D eigenvalue weighted by Crippen LogP contribution is 2.41. The molecular weight excluding hydrogens is 758 g/mol. The van der Waals surface area contributed by atoms with E-state index in [1.54, 1.807) is 14.2 Å². The third-order valence-corrected chi connectivity index (χ3v) is 10.7. The summed E-state index contributed by atoms with van der Waals surface area (Å²) in [5, 5.41) is 0. The second-order valence-corrected chi connectivity index (χ2v) is 14.2. The lowest BCUT2D eigenvalue weighted by Gasteiger charge is -2.24. The first-order valence-corrected chi connectivity index (χ1v) is 20.0. The van der Waals surface area contributed by atoms with E-state index in [4.69, 9.17) is 79.6 Å². The van der Waals surface area contributed by atoms with Crippen LogP contribution in [0.15, 0.2) is 48.5 Å². The topological polar surface area (TPSA) is 64.6 Å². The molecule has 7 nitrogen and oxygen atoms in total. The molecule has 0 N–H and O–H groups in total. The van der Waals surface area contributed by atoms with Gasteiger partial charge >= 0.3 is 0 Å². The predicted octanol–water partition coefficient (Wildman–Crippen LogP) is 9.16. The Morgan fingerprint density at radius 3 is 0.887 bits per heavy atom. The molecule has 1 aliphatic carbocycles. The predicted molar refractivity (Wildman–Crippen MR) is 212 cm³/mol. The fourth-order valence-corrected chi connectivity index (χ4v) is 7.95. The monoisotopic (exact) mass is 802 g/mol. The number of hydrogen-bond acceptors (Lipinski definition) is 7. The van der Waals surface area contributed by atoms with Crippen molar-refractivity contribution < 1.29 is 33.2 Å². The van der Waals surface area contributed by atoms with Gasteiger partial charge in [0.05, 0.1) is 53.9 Å². The third-order valence-electron chi connectivity index (χ3n) is 9.45. The quantitative estimate of drug-likeness (QED) is 0.159. The number of fused-ring (bicyclic) bond motifs is 2. The fraction of sp³-hybridized carbons (Fsp3) is 0.429. The highest BCUT2D eigenvalue weighted by Gasteiger charge is 2.24. The van der Waals surface area contributed by atoms with Gasteiger partial charge in [-0.1, -0.05) is 48.5 Å². The third kappa shape index (κ3) is 9.87. The van der Waals surface area contributed by atoms with E-state index < -0.39 is 0 Å². The average Bonchev–Trinajstić information content (AvgIpc) is 3.16. The molecule has 0 saturated heterocycles. The summed E-state index contributed by atoms with van der Waals surface area (Å²) in [6.45, 7) is 3.27. The van der Waals surface area contributed by atoms with Crippen LogP contribution in [0.3, 0.4) is 0 Å². The van der Waals surface area contributed by atoms with Crippen molar-refractivity contribution in [3.8, 4) is 23.0 Å². The summed E-state index contributed by atoms with van der Waals surface area (Å²) >= 11 is 26.3. The minimum absolute atomic E-state index is 0.336. The van der Waals surface area contributed by atoms with Gasteiger partial charge in [0.15, 0.2) is 0 Å². The van der Waals surface area contributed by atoms with Gasteiger partial charge in [0, 0.05) is 49.2 Å². The van der Waals surface area contributed by atoms with Crippen LogP contribution >= 0.6 is 46.4 Å². The standard InChI is InChI=1S/C42H46Cl4O7/c1-47-39-31-11-27(23-43)12-32(39)20-36-16-30(26-46)18-38-22-34-14-28(24-44)13-33(40(34)48-2)21-37-17-29(25-45)15-35(19-31)41(37)52-9-7-50-5-3-49-4-6-51-8-10-53-42(36)38/h11-18H,3-10,19-26H2,1-2H3. The Hall–Kier alpha value is -2.88. The maximum absolute atomic E-state index is 6.67. The maximum Gasteiger partial charge on any atom is 0.126 e. The van der Waals surface area contributed by atoms with Gasteiger partial charge < -0.3 is 33.2 Å². The van der Waals surface area contributed by atoms with Crippen LogP contribution in [0.25, 0.3) is 0 Å². The number of rotatable bonds is 6. The van der Waals surface area contributed by atoms with E-state index in [0.29, 0.717) is 102 Å². The molecule has 1 aliphatic heterocycles. The lowest BCUT2D eigenvalue weighted by Crippen LogP contribution is -2.16. The Labute approximate surface area is 332 Å². The van der Waals surface area contributed by atoms with E-state index in [1.807, 2.05) is 0 Å². The number of methoxy groups -OCH3 is 2. The van der Waals surface area contributed by atoms with Crippen LogP contribution < -0.4 is 18.9 Å². The number of halogens is 4. The van der Waals surface area contributed by atoms with Gasteiger partial charge in [0.1, 0.15) is 36.2 Å². The zero-order chi connectivity index (χ0) is 37.2. The zero-order valence-electron chi connectivity index (χ0n) is 30.3. The molecule has 2 aliphatic rings. The Morgan fingerprint density at radius 2 is 0.642 bits per heavy atom. The number of alkyl halides is 4. The van der Waals surface area contributed by atoms with Crippen LogP contribution in [-0.2, 0) is 63.4 Å². The largest absolute Gasteiger partial charge is 0.496 e. The molecule has 0 unspecified atom stereocenters. The van der Waals surface area contributed by atoms with E-state index >= 15 is 0 Å². The molecule has 11 heteroatoms. The molecule has 0 saturated carbocycles. The molecule has 4 aromatic rings. The van der Waals surface area contributed by atoms with E-state index in [2.05, 4.69) is 48.5 Å². The minimum Gasteiger partial charge on any atom is -0.496 e. The van der Waals surface area contributed by atoms with E-state index in [0.717, 1.165) is 89.8 Å². The molecular formula is C42H46Cl4O7. The van der Waals surface area contributed by atoms with Gasteiger partial charge in [-0.2, -0.15) is 0 Å². The second-order valence-electron chi connectivity index (χ2n) is 13.2. The van der Waals surface area contributed by atoms with Gasteiger partial charge in [-0.25, -0.2) is 0 Å². The van der Waals surface area contributed by atoms with Crippen LogP contribution in [0.5, 0.6) is 23.0 Å². The first kappa shape index (κ1) is 39.8. The van der Waals surface area contributed by atoms with Crippen molar-refractivity contribution in [3.05, 3.63) is 115 Å². The summed E-state index contributed by atoms with van der Waals surface area (Å²) in [6.07, 6.45) is 2.06. The zero-order valence-corrected chi connectivity index (χ0v) is 33.3. The SMILES string of the molecule is COc1c2cc(CCl)cc1Cc1cc(CCl)cc3c1OCCOCCOCCOCCOc1c(cc(CCl)cc1Cc1cc(CCl)cc(c1OC)C3)C2. The van der Waals surface area contributed by atoms with Gasteiger partial charge in [0.2, 0.25) is 0 Å². The second kappa shape index (κ2) is 19.6. The Kier molecular flexibility index (Phi) is 14.7. The summed E-state index contributed by atoms with van der Waals surface area (Å²) in [5.41, 5.74) is 11.8. The van der Waals surface area contributed by atoms with Gasteiger partial charge in [-0.05, 0) is 66.8 Å². The first-order chi connectivity index (χ1) is 26.0. The van der Waals surface area contributed by atoms with Gasteiger partial charge in [-0.15, -0.1) is 46.4 Å². The number of benzene rings is 4. The van der Waals surface area contributed by atoms with E-state index in [9.17, 15) is 0 Å². The summed E-state index contributed by atoms with van der Waals surface area (Å²) in [7, 11) is 3.43. The molecule has 0 spiro atoms. The minimum atomic E-state index is 0.336. The summed E-state index contributed by atoms with van der Waals surface area (Å²) < 4.78 is 43.3. The van der Waals surface area contributed by atoms with Crippen LogP contribution in [0.1, 0.15) is 66.8 Å². The van der Waals surface area contributed by atoms with Crippen molar-refractivity contribution in [1.82, 2.24) is 0 Å². The van der Waals surface area contributed by atoms with Crippen molar-refractivity contribution in [2.45, 2.75) is 49.2 Å². The van der Waals surface area contributed by atoms with Crippen molar-refractivity contribution in [1.29, 1.82) is 0 Å². The van der Waals surface area contributed by atoms with Crippen molar-refractivity contribution >= 4 is 46.4 Å². The average molecular weight is 805 g/mol. The first-order valence-electron chi connectivity index (χ1n) is 17.9. The normalized spacial score (nSPS) is 15.6. The van der Waals surface area contributed by atoms with E-state index in [-0.39, 0.29) is 0 Å². The van der Waals surface area contributed by atoms with Gasteiger partial charge in [0.25, 0.3) is 0 Å². The van der Waals surface area contributed by atoms with Crippen LogP contribution in [0.2, 0.25) is 0 Å². The molecule has 10 bridgehead atoms. The maximum atomic E-state index is 6.67. The molecule has 284 valence electrons. The lowest BCUT2D eigenvalue weighted by atomic mass is 9.88. The molecule has 1 heterocycles. The van der Waals surface area contributed by atoms with Crippen LogP contribution in [0.4, 0.5) is 0 Å². The molecule has 53 heavy (non-hydrogen) atoms. The van der Waals surface area contributed by atoms with Crippen LogP contribution in [-0.4, -0.2) is 67.1 Å². The van der Waals surface area contributed by atoms with Crippen LogP contribution in [0, 0.1) is 0 Å². The summed E-state index contributed by atoms with van der Waals surface area (Å²) in [5.74, 6) is 4.47. The van der Waals surface area contributed by atoms with Crippen molar-refractivity contribution in [2.24, 2.45) is 0 Å².